The molecule has 3 aromatic carbocycles. The van der Waals surface area contributed by atoms with Gasteiger partial charge >= 0.3 is 0 Å². The molecule has 5 nitrogen and oxygen atoms in total. The first-order valence-electron chi connectivity index (χ1n) is 11.9. The molecule has 3 heterocycles. The van der Waals surface area contributed by atoms with E-state index in [1.54, 1.807) is 6.33 Å². The number of aromatic nitrogens is 3. The van der Waals surface area contributed by atoms with Crippen molar-refractivity contribution in [3.63, 3.8) is 0 Å². The van der Waals surface area contributed by atoms with Gasteiger partial charge in [0.2, 0.25) is 0 Å². The van der Waals surface area contributed by atoms with Gasteiger partial charge in [-0.25, -0.2) is 9.97 Å². The maximum atomic E-state index is 6.24. The molecule has 0 spiro atoms. The average Bonchev–Trinajstić information content (AvgIpc) is 3.29. The highest BCUT2D eigenvalue weighted by Gasteiger charge is 2.24. The van der Waals surface area contributed by atoms with Crippen molar-refractivity contribution in [2.24, 2.45) is 0 Å². The molecule has 0 radical (unpaired) electrons. The van der Waals surface area contributed by atoms with E-state index in [1.807, 2.05) is 18.2 Å². The van der Waals surface area contributed by atoms with Crippen molar-refractivity contribution in [1.29, 1.82) is 0 Å². The molecular formula is C29H26ClN5. The molecule has 174 valence electrons. The first kappa shape index (κ1) is 21.7. The first-order valence-corrected chi connectivity index (χ1v) is 12.3. The summed E-state index contributed by atoms with van der Waals surface area (Å²) in [6.07, 6.45) is 3.90. The number of fused-ring (bicyclic) bond motifs is 1. The largest absolute Gasteiger partial charge is 0.368 e. The van der Waals surface area contributed by atoms with E-state index in [4.69, 9.17) is 21.6 Å². The summed E-state index contributed by atoms with van der Waals surface area (Å²) in [6, 6.07) is 27.2. The van der Waals surface area contributed by atoms with Crippen LogP contribution in [-0.2, 0) is 0 Å². The van der Waals surface area contributed by atoms with Gasteiger partial charge in [0.1, 0.15) is 12.1 Å². The molecule has 35 heavy (non-hydrogen) atoms. The highest BCUT2D eigenvalue weighted by Crippen LogP contribution is 2.37. The molecule has 0 saturated carbocycles. The summed E-state index contributed by atoms with van der Waals surface area (Å²) in [4.78, 5) is 14.3. The van der Waals surface area contributed by atoms with Gasteiger partial charge in [0.05, 0.1) is 5.39 Å². The third-order valence-electron chi connectivity index (χ3n) is 6.68. The van der Waals surface area contributed by atoms with Crippen molar-refractivity contribution >= 4 is 34.1 Å². The Kier molecular flexibility index (Phi) is 5.63. The van der Waals surface area contributed by atoms with Crippen LogP contribution in [0.1, 0.15) is 5.56 Å². The molecule has 1 saturated heterocycles. The Morgan fingerprint density at radius 2 is 1.49 bits per heavy atom. The molecule has 0 aliphatic carbocycles. The standard InChI is InChI=1S/C29H26ClN5/c1-21-7-5-12-25(17-21)35-19-26(22-8-3-2-4-9-22)27-28(31-20-32-29(27)35)34-15-13-33(14-16-34)24-11-6-10-23(30)18-24/h2-12,17-20H,13-16H2,1H3. The van der Waals surface area contributed by atoms with Crippen LogP contribution in [0.5, 0.6) is 0 Å². The van der Waals surface area contributed by atoms with Gasteiger partial charge in [0, 0.05) is 54.3 Å². The Labute approximate surface area is 210 Å². The molecule has 2 aromatic heterocycles. The molecule has 6 rings (SSSR count). The Hall–Kier alpha value is -3.83. The van der Waals surface area contributed by atoms with E-state index in [1.165, 1.54) is 11.3 Å². The summed E-state index contributed by atoms with van der Waals surface area (Å²) in [7, 11) is 0. The second-order valence-corrected chi connectivity index (χ2v) is 9.40. The monoisotopic (exact) mass is 479 g/mol. The first-order chi connectivity index (χ1) is 17.2. The number of rotatable bonds is 4. The molecular weight excluding hydrogens is 454 g/mol. The number of piperazine rings is 1. The lowest BCUT2D eigenvalue weighted by Gasteiger charge is -2.37. The van der Waals surface area contributed by atoms with Gasteiger partial charge in [-0.3, -0.25) is 0 Å². The van der Waals surface area contributed by atoms with E-state index < -0.39 is 0 Å². The quantitative estimate of drug-likeness (QED) is 0.300. The third kappa shape index (κ3) is 4.13. The number of anilines is 2. The van der Waals surface area contributed by atoms with Crippen LogP contribution in [0.3, 0.4) is 0 Å². The summed E-state index contributed by atoms with van der Waals surface area (Å²) >= 11 is 6.24. The second-order valence-electron chi connectivity index (χ2n) is 8.97. The Bertz CT molecular complexity index is 1490. The summed E-state index contributed by atoms with van der Waals surface area (Å²) in [6.45, 7) is 5.69. The lowest BCUT2D eigenvalue weighted by atomic mass is 10.1. The van der Waals surface area contributed by atoms with Crippen molar-refractivity contribution in [3.05, 3.63) is 102 Å². The van der Waals surface area contributed by atoms with Crippen molar-refractivity contribution in [1.82, 2.24) is 14.5 Å². The molecule has 6 heteroatoms. The fraction of sp³-hybridized carbons (Fsp3) is 0.172. The summed E-state index contributed by atoms with van der Waals surface area (Å²) in [5.41, 5.74) is 6.73. The Morgan fingerprint density at radius 1 is 0.743 bits per heavy atom. The van der Waals surface area contributed by atoms with Crippen molar-refractivity contribution < 1.29 is 0 Å². The van der Waals surface area contributed by atoms with Crippen LogP contribution < -0.4 is 9.80 Å². The van der Waals surface area contributed by atoms with E-state index in [0.717, 1.165) is 64.9 Å². The lowest BCUT2D eigenvalue weighted by Crippen LogP contribution is -2.46. The van der Waals surface area contributed by atoms with E-state index in [0.29, 0.717) is 0 Å². The van der Waals surface area contributed by atoms with E-state index >= 15 is 0 Å². The summed E-state index contributed by atoms with van der Waals surface area (Å²) < 4.78 is 2.19. The zero-order chi connectivity index (χ0) is 23.8. The lowest BCUT2D eigenvalue weighted by molar-refractivity contribution is 0.649. The van der Waals surface area contributed by atoms with Gasteiger partial charge in [0.25, 0.3) is 0 Å². The molecule has 0 unspecified atom stereocenters. The maximum Gasteiger partial charge on any atom is 0.150 e. The molecule has 1 aliphatic rings. The molecule has 0 atom stereocenters. The smallest absolute Gasteiger partial charge is 0.150 e. The predicted octanol–water partition coefficient (Wildman–Crippen LogP) is 6.38. The van der Waals surface area contributed by atoms with Crippen molar-refractivity contribution in [2.45, 2.75) is 6.92 Å². The minimum absolute atomic E-state index is 0.771. The SMILES string of the molecule is Cc1cccc(-n2cc(-c3ccccc3)c3c(N4CCN(c5cccc(Cl)c5)CC4)ncnc32)c1. The third-order valence-corrected chi connectivity index (χ3v) is 6.92. The van der Waals surface area contributed by atoms with E-state index in [9.17, 15) is 0 Å². The summed E-state index contributed by atoms with van der Waals surface area (Å²) in [5.74, 6) is 0.992. The minimum atomic E-state index is 0.771. The Balaban J connectivity index is 1.43. The number of benzene rings is 3. The Morgan fingerprint density at radius 3 is 2.26 bits per heavy atom. The van der Waals surface area contributed by atoms with Crippen LogP contribution in [0.2, 0.25) is 5.02 Å². The number of hydrogen-bond acceptors (Lipinski definition) is 4. The minimum Gasteiger partial charge on any atom is -0.368 e. The number of hydrogen-bond donors (Lipinski definition) is 0. The van der Waals surface area contributed by atoms with Crippen LogP contribution in [0.4, 0.5) is 11.5 Å². The second kappa shape index (κ2) is 9.08. The fourth-order valence-corrected chi connectivity index (χ4v) is 5.13. The average molecular weight is 480 g/mol. The van der Waals surface area contributed by atoms with Crippen LogP contribution in [-0.4, -0.2) is 40.7 Å². The zero-order valence-corrected chi connectivity index (χ0v) is 20.4. The van der Waals surface area contributed by atoms with Gasteiger partial charge in [-0.15, -0.1) is 0 Å². The number of nitrogens with zero attached hydrogens (tertiary/aromatic N) is 5. The van der Waals surface area contributed by atoms with E-state index in [-0.39, 0.29) is 0 Å². The van der Waals surface area contributed by atoms with Gasteiger partial charge in [-0.1, -0.05) is 60.1 Å². The zero-order valence-electron chi connectivity index (χ0n) is 19.6. The van der Waals surface area contributed by atoms with E-state index in [2.05, 4.69) is 88.2 Å². The van der Waals surface area contributed by atoms with Crippen molar-refractivity contribution in [2.75, 3.05) is 36.0 Å². The van der Waals surface area contributed by atoms with Crippen LogP contribution in [0.25, 0.3) is 27.8 Å². The van der Waals surface area contributed by atoms with Gasteiger partial charge in [0.15, 0.2) is 5.65 Å². The molecule has 1 aliphatic heterocycles. The molecule has 5 aromatic rings. The predicted molar refractivity (Wildman–Crippen MR) is 145 cm³/mol. The molecule has 0 N–H and O–H groups in total. The normalized spacial score (nSPS) is 14.0. The number of halogens is 1. The fourth-order valence-electron chi connectivity index (χ4n) is 4.95. The van der Waals surface area contributed by atoms with Gasteiger partial charge in [-0.2, -0.15) is 0 Å². The molecule has 0 bridgehead atoms. The van der Waals surface area contributed by atoms with Gasteiger partial charge in [-0.05, 0) is 48.4 Å². The molecule has 0 amide bonds. The van der Waals surface area contributed by atoms with Crippen molar-refractivity contribution in [3.8, 4) is 16.8 Å². The number of aryl methyl sites for hydroxylation is 1. The van der Waals surface area contributed by atoms with Crippen LogP contribution in [0, 0.1) is 6.92 Å². The highest BCUT2D eigenvalue weighted by molar-refractivity contribution is 6.30. The highest BCUT2D eigenvalue weighted by atomic mass is 35.5. The molecule has 1 fully saturated rings. The van der Waals surface area contributed by atoms with Crippen LogP contribution >= 0.6 is 11.6 Å². The summed E-state index contributed by atoms with van der Waals surface area (Å²) in [5, 5.41) is 1.86. The van der Waals surface area contributed by atoms with Gasteiger partial charge < -0.3 is 14.4 Å². The van der Waals surface area contributed by atoms with Crippen LogP contribution in [0.15, 0.2) is 91.4 Å². The topological polar surface area (TPSA) is 37.2 Å². The maximum absolute atomic E-state index is 6.24.